The summed E-state index contributed by atoms with van der Waals surface area (Å²) in [6, 6.07) is 5.62. The summed E-state index contributed by atoms with van der Waals surface area (Å²) in [5.41, 5.74) is 2.25. The van der Waals surface area contributed by atoms with Crippen molar-refractivity contribution < 1.29 is 9.21 Å². The van der Waals surface area contributed by atoms with E-state index in [0.717, 1.165) is 16.3 Å². The van der Waals surface area contributed by atoms with E-state index in [2.05, 4.69) is 15.7 Å². The Hall–Kier alpha value is -2.29. The van der Waals surface area contributed by atoms with Gasteiger partial charge in [0.2, 0.25) is 0 Å². The minimum Gasteiger partial charge on any atom is -0.467 e. The molecule has 0 atom stereocenters. The highest BCUT2D eigenvalue weighted by Crippen LogP contribution is 2.27. The van der Waals surface area contributed by atoms with Gasteiger partial charge in [0.25, 0.3) is 5.91 Å². The molecule has 4 heterocycles. The van der Waals surface area contributed by atoms with Crippen LogP contribution in [0.4, 0.5) is 0 Å². The fourth-order valence-corrected chi connectivity index (χ4v) is 4.04. The van der Waals surface area contributed by atoms with Crippen LogP contribution in [0.25, 0.3) is 16.6 Å². The van der Waals surface area contributed by atoms with Crippen LogP contribution in [0, 0.1) is 0 Å². The lowest BCUT2D eigenvalue weighted by atomic mass is 10.3. The van der Waals surface area contributed by atoms with Gasteiger partial charge in [-0.15, -0.1) is 11.3 Å². The predicted octanol–water partition coefficient (Wildman–Crippen LogP) is 3.72. The molecule has 1 aliphatic heterocycles. The molecule has 0 bridgehead atoms. The predicted molar refractivity (Wildman–Crippen MR) is 98.4 cm³/mol. The molecule has 120 valence electrons. The molecule has 0 spiro atoms. The molecule has 0 aliphatic carbocycles. The van der Waals surface area contributed by atoms with E-state index in [0.29, 0.717) is 23.1 Å². The van der Waals surface area contributed by atoms with Crippen LogP contribution >= 0.6 is 34.9 Å². The first-order chi connectivity index (χ1) is 11.7. The van der Waals surface area contributed by atoms with Crippen molar-refractivity contribution in [2.24, 2.45) is 0 Å². The SMILES string of the molecule is O=C1/C(=C/c2csc(-c3ccsc3)n2)NC(=S)N1Cc1ccco1. The fraction of sp³-hybridized carbons (Fsp3) is 0.0625. The van der Waals surface area contributed by atoms with E-state index in [1.807, 2.05) is 22.9 Å². The number of amides is 1. The number of hydrogen-bond donors (Lipinski definition) is 1. The highest BCUT2D eigenvalue weighted by Gasteiger charge is 2.31. The van der Waals surface area contributed by atoms with Gasteiger partial charge in [-0.2, -0.15) is 11.3 Å². The van der Waals surface area contributed by atoms with Crippen LogP contribution in [-0.4, -0.2) is 20.9 Å². The third-order valence-electron chi connectivity index (χ3n) is 3.44. The summed E-state index contributed by atoms with van der Waals surface area (Å²) < 4.78 is 5.28. The quantitative estimate of drug-likeness (QED) is 0.558. The van der Waals surface area contributed by atoms with Crippen molar-refractivity contribution in [1.29, 1.82) is 0 Å². The Bertz CT molecular complexity index is 910. The molecule has 5 nitrogen and oxygen atoms in total. The third-order valence-corrected chi connectivity index (χ3v) is 5.35. The summed E-state index contributed by atoms with van der Waals surface area (Å²) in [4.78, 5) is 18.6. The van der Waals surface area contributed by atoms with Crippen molar-refractivity contribution in [1.82, 2.24) is 15.2 Å². The van der Waals surface area contributed by atoms with Gasteiger partial charge in [0.05, 0.1) is 18.5 Å². The van der Waals surface area contributed by atoms with Crippen LogP contribution in [0.3, 0.4) is 0 Å². The molecule has 3 aromatic rings. The number of thiazole rings is 1. The van der Waals surface area contributed by atoms with Gasteiger partial charge in [0, 0.05) is 16.3 Å². The second-order valence-electron chi connectivity index (χ2n) is 5.05. The average molecular weight is 373 g/mol. The molecule has 24 heavy (non-hydrogen) atoms. The Kier molecular flexibility index (Phi) is 4.01. The van der Waals surface area contributed by atoms with Gasteiger partial charge in [0.1, 0.15) is 16.5 Å². The molecule has 1 N–H and O–H groups in total. The number of nitrogens with zero attached hydrogens (tertiary/aromatic N) is 2. The minimum absolute atomic E-state index is 0.179. The number of nitrogens with one attached hydrogen (secondary N) is 1. The van der Waals surface area contributed by atoms with E-state index < -0.39 is 0 Å². The summed E-state index contributed by atoms with van der Waals surface area (Å²) >= 11 is 8.43. The van der Waals surface area contributed by atoms with Gasteiger partial charge < -0.3 is 9.73 Å². The maximum absolute atomic E-state index is 12.5. The fourth-order valence-electron chi connectivity index (χ4n) is 2.29. The maximum atomic E-state index is 12.5. The molecule has 1 amide bonds. The number of aromatic nitrogens is 1. The average Bonchev–Trinajstić information content (AvgIpc) is 3.33. The summed E-state index contributed by atoms with van der Waals surface area (Å²) in [5, 5.41) is 10.2. The number of carbonyl (C=O) groups is 1. The molecule has 3 aromatic heterocycles. The van der Waals surface area contributed by atoms with Crippen LogP contribution in [0.15, 0.2) is 50.7 Å². The third kappa shape index (κ3) is 2.91. The van der Waals surface area contributed by atoms with E-state index in [9.17, 15) is 4.79 Å². The lowest BCUT2D eigenvalue weighted by Gasteiger charge is -2.11. The summed E-state index contributed by atoms with van der Waals surface area (Å²) in [5.74, 6) is 0.503. The number of hydrogen-bond acceptors (Lipinski definition) is 6. The lowest BCUT2D eigenvalue weighted by molar-refractivity contribution is -0.122. The number of carbonyl (C=O) groups excluding carboxylic acids is 1. The number of furan rings is 1. The van der Waals surface area contributed by atoms with Crippen LogP contribution in [0.5, 0.6) is 0 Å². The number of thiophene rings is 1. The second kappa shape index (κ2) is 6.31. The molecule has 1 fully saturated rings. The maximum Gasteiger partial charge on any atom is 0.277 e. The van der Waals surface area contributed by atoms with Gasteiger partial charge in [-0.05, 0) is 41.9 Å². The minimum atomic E-state index is -0.179. The topological polar surface area (TPSA) is 58.4 Å². The van der Waals surface area contributed by atoms with Crippen molar-refractivity contribution in [2.45, 2.75) is 6.54 Å². The Morgan fingerprint density at radius 3 is 3.04 bits per heavy atom. The monoisotopic (exact) mass is 373 g/mol. The van der Waals surface area contributed by atoms with Gasteiger partial charge >= 0.3 is 0 Å². The van der Waals surface area contributed by atoms with Gasteiger partial charge in [0.15, 0.2) is 5.11 Å². The van der Waals surface area contributed by atoms with Crippen molar-refractivity contribution in [3.05, 3.63) is 57.8 Å². The zero-order valence-corrected chi connectivity index (χ0v) is 14.7. The smallest absolute Gasteiger partial charge is 0.277 e. The molecule has 1 saturated heterocycles. The zero-order chi connectivity index (χ0) is 16.5. The molecule has 0 aromatic carbocycles. The van der Waals surface area contributed by atoms with Gasteiger partial charge in [-0.1, -0.05) is 0 Å². The second-order valence-corrected chi connectivity index (χ2v) is 7.07. The van der Waals surface area contributed by atoms with E-state index in [4.69, 9.17) is 16.6 Å². The van der Waals surface area contributed by atoms with Crippen LogP contribution in [0.1, 0.15) is 11.5 Å². The molecule has 0 saturated carbocycles. The highest BCUT2D eigenvalue weighted by molar-refractivity contribution is 7.80. The Morgan fingerprint density at radius 1 is 1.38 bits per heavy atom. The molecule has 0 radical (unpaired) electrons. The first-order valence-corrected chi connectivity index (χ1v) is 9.29. The van der Waals surface area contributed by atoms with E-state index in [1.165, 1.54) is 4.90 Å². The summed E-state index contributed by atoms with van der Waals surface area (Å²) in [7, 11) is 0. The highest BCUT2D eigenvalue weighted by atomic mass is 32.1. The van der Waals surface area contributed by atoms with Crippen LogP contribution < -0.4 is 5.32 Å². The van der Waals surface area contributed by atoms with Gasteiger partial charge in [-0.25, -0.2) is 4.98 Å². The van der Waals surface area contributed by atoms with Crippen LogP contribution in [0.2, 0.25) is 0 Å². The van der Waals surface area contributed by atoms with Crippen molar-refractivity contribution in [3.63, 3.8) is 0 Å². The van der Waals surface area contributed by atoms with Crippen LogP contribution in [-0.2, 0) is 11.3 Å². The zero-order valence-electron chi connectivity index (χ0n) is 12.3. The summed E-state index contributed by atoms with van der Waals surface area (Å²) in [6.45, 7) is 0.312. The summed E-state index contributed by atoms with van der Waals surface area (Å²) in [6.07, 6.45) is 3.30. The Morgan fingerprint density at radius 2 is 2.29 bits per heavy atom. The van der Waals surface area contributed by atoms with Crippen molar-refractivity contribution >= 4 is 52.0 Å². The standard InChI is InChI=1S/C16H11N3O2S3/c20-15-13(18-16(22)19(15)7-12-2-1-4-21-12)6-11-9-24-14(17-11)10-3-5-23-8-10/h1-6,8-9H,7H2,(H,18,22)/b13-6-. The van der Waals surface area contributed by atoms with E-state index in [-0.39, 0.29) is 5.91 Å². The first-order valence-electron chi connectivity index (χ1n) is 7.06. The van der Waals surface area contributed by atoms with Crippen molar-refractivity contribution in [3.8, 4) is 10.6 Å². The first kappa shape index (κ1) is 15.3. The van der Waals surface area contributed by atoms with E-state index >= 15 is 0 Å². The molecule has 0 unspecified atom stereocenters. The molecule has 8 heteroatoms. The molecular weight excluding hydrogens is 362 g/mol. The Balaban J connectivity index is 1.55. The number of rotatable bonds is 4. The molecular formula is C16H11N3O2S3. The van der Waals surface area contributed by atoms with Crippen molar-refractivity contribution in [2.75, 3.05) is 0 Å². The van der Waals surface area contributed by atoms with E-state index in [1.54, 1.807) is 41.1 Å². The Labute approximate surface area is 151 Å². The molecule has 4 rings (SSSR count). The molecule has 1 aliphatic rings. The number of thiocarbonyl (C=S) groups is 1. The largest absolute Gasteiger partial charge is 0.467 e. The van der Waals surface area contributed by atoms with Gasteiger partial charge in [-0.3, -0.25) is 9.69 Å². The normalized spacial score (nSPS) is 16.2. The lowest BCUT2D eigenvalue weighted by Crippen LogP contribution is -2.29.